The average molecular weight is 673 g/mol. The van der Waals surface area contributed by atoms with Crippen molar-refractivity contribution in [2.24, 2.45) is 0 Å². The molecule has 240 valence electrons. The van der Waals surface area contributed by atoms with Crippen LogP contribution in [0.4, 0.5) is 0 Å². The monoisotopic (exact) mass is 670 g/mol. The van der Waals surface area contributed by atoms with Gasteiger partial charge < -0.3 is 9.47 Å². The molecule has 43 heavy (non-hydrogen) atoms. The van der Waals surface area contributed by atoms with Gasteiger partial charge in [0.1, 0.15) is 11.5 Å². The second-order valence-electron chi connectivity index (χ2n) is 14.2. The van der Waals surface area contributed by atoms with E-state index in [1.165, 1.54) is 22.3 Å². The van der Waals surface area contributed by atoms with Crippen LogP contribution in [-0.2, 0) is 15.6 Å². The van der Waals surface area contributed by atoms with E-state index in [-0.39, 0.29) is 10.8 Å². The Labute approximate surface area is 280 Å². The first-order valence-electron chi connectivity index (χ1n) is 16.0. The summed E-state index contributed by atoms with van der Waals surface area (Å²) in [6.45, 7) is 13.5. The lowest BCUT2D eigenvalue weighted by molar-refractivity contribution is -0.228. The topological polar surface area (TPSA) is 27.7 Å². The van der Waals surface area contributed by atoms with Crippen LogP contribution in [0.2, 0.25) is 0 Å². The lowest BCUT2D eigenvalue weighted by atomic mass is 9.79. The predicted molar refractivity (Wildman–Crippen MR) is 183 cm³/mol. The van der Waals surface area contributed by atoms with E-state index in [0.717, 1.165) is 74.0 Å². The van der Waals surface area contributed by atoms with Gasteiger partial charge in [-0.1, -0.05) is 53.7 Å². The standard InChI is InChI=1S/C36H50Cl4O3/c1-35(2,3)29-21-25(23(11-7-15-37)12-8-16-38)19-27-31(29)41-34-28-20-26(24(13-9-17-39)14-10-18-40)22-30(36(4,5)6)32(28)42-33(27)43-34/h19-24,33-34H,7-18H2,1-6H3. The maximum atomic E-state index is 6.86. The molecule has 0 aromatic heterocycles. The Kier molecular flexibility index (Phi) is 12.4. The summed E-state index contributed by atoms with van der Waals surface area (Å²) in [6.07, 6.45) is 6.86. The van der Waals surface area contributed by atoms with Crippen molar-refractivity contribution in [1.82, 2.24) is 0 Å². The fourth-order valence-corrected chi connectivity index (χ4v) is 7.07. The number of rotatable bonds is 14. The molecule has 2 bridgehead atoms. The highest BCUT2D eigenvalue weighted by Crippen LogP contribution is 2.54. The van der Waals surface area contributed by atoms with Crippen LogP contribution in [0.3, 0.4) is 0 Å². The molecule has 0 spiro atoms. The quantitative estimate of drug-likeness (QED) is 0.187. The van der Waals surface area contributed by atoms with Gasteiger partial charge in [-0.05, 0) is 97.3 Å². The SMILES string of the molecule is CC(C)(C)c1cc(C(CCCCl)CCCCl)cc2c1OC1OC2Oc2c1cc(C(CCCCl)CCCCl)cc2C(C)(C)C. The van der Waals surface area contributed by atoms with Crippen molar-refractivity contribution in [3.8, 4) is 11.5 Å². The van der Waals surface area contributed by atoms with Crippen LogP contribution in [0.1, 0.15) is 151 Å². The minimum absolute atomic E-state index is 0.134. The van der Waals surface area contributed by atoms with Crippen molar-refractivity contribution in [2.45, 2.75) is 128 Å². The van der Waals surface area contributed by atoms with Crippen LogP contribution in [0.15, 0.2) is 24.3 Å². The van der Waals surface area contributed by atoms with Crippen molar-refractivity contribution in [3.63, 3.8) is 0 Å². The van der Waals surface area contributed by atoms with Crippen molar-refractivity contribution in [3.05, 3.63) is 57.6 Å². The molecule has 2 unspecified atom stereocenters. The number of benzene rings is 2. The average Bonchev–Trinajstić information content (AvgIpc) is 2.95. The van der Waals surface area contributed by atoms with E-state index < -0.39 is 12.6 Å². The summed E-state index contributed by atoms with van der Waals surface area (Å²) in [5.41, 5.74) is 6.60. The molecular weight excluding hydrogens is 622 g/mol. The smallest absolute Gasteiger partial charge is 0.233 e. The Bertz CT molecular complexity index is 1110. The van der Waals surface area contributed by atoms with E-state index in [4.69, 9.17) is 60.6 Å². The summed E-state index contributed by atoms with van der Waals surface area (Å²) in [5.74, 6) is 5.12. The third kappa shape index (κ3) is 8.31. The summed E-state index contributed by atoms with van der Waals surface area (Å²) in [5, 5.41) is 0. The molecule has 0 N–H and O–H groups in total. The number of alkyl halides is 4. The Morgan fingerprint density at radius 2 is 0.884 bits per heavy atom. The van der Waals surface area contributed by atoms with Crippen LogP contribution in [0, 0.1) is 0 Å². The van der Waals surface area contributed by atoms with Crippen molar-refractivity contribution in [2.75, 3.05) is 23.5 Å². The summed E-state index contributed by atoms with van der Waals surface area (Å²) in [4.78, 5) is 0. The third-order valence-electron chi connectivity index (χ3n) is 8.79. The summed E-state index contributed by atoms with van der Waals surface area (Å²) in [6, 6.07) is 9.20. The molecule has 0 aliphatic carbocycles. The maximum Gasteiger partial charge on any atom is 0.233 e. The second-order valence-corrected chi connectivity index (χ2v) is 15.7. The van der Waals surface area contributed by atoms with E-state index in [9.17, 15) is 0 Å². The number of hydrogen-bond acceptors (Lipinski definition) is 3. The molecule has 0 amide bonds. The van der Waals surface area contributed by atoms with E-state index in [0.29, 0.717) is 35.4 Å². The van der Waals surface area contributed by atoms with Gasteiger partial charge >= 0.3 is 0 Å². The van der Waals surface area contributed by atoms with Crippen LogP contribution in [0.5, 0.6) is 11.5 Å². The normalized spacial score (nSPS) is 18.0. The van der Waals surface area contributed by atoms with Gasteiger partial charge in [0.2, 0.25) is 12.6 Å². The molecule has 2 aliphatic heterocycles. The molecule has 4 rings (SSSR count). The molecule has 2 aliphatic rings. The van der Waals surface area contributed by atoms with Gasteiger partial charge in [0.05, 0.1) is 11.1 Å². The van der Waals surface area contributed by atoms with Crippen LogP contribution >= 0.6 is 46.4 Å². The van der Waals surface area contributed by atoms with Gasteiger partial charge in [0, 0.05) is 34.6 Å². The Morgan fingerprint density at radius 1 is 0.558 bits per heavy atom. The minimum Gasteiger partial charge on any atom is -0.459 e. The van der Waals surface area contributed by atoms with Gasteiger partial charge in [-0.15, -0.1) is 46.4 Å². The predicted octanol–water partition coefficient (Wildman–Crippen LogP) is 12.0. The van der Waals surface area contributed by atoms with Crippen LogP contribution in [0.25, 0.3) is 0 Å². The Hall–Kier alpha value is -0.840. The zero-order valence-electron chi connectivity index (χ0n) is 26.8. The molecule has 2 aromatic carbocycles. The summed E-state index contributed by atoms with van der Waals surface area (Å²) in [7, 11) is 0. The van der Waals surface area contributed by atoms with E-state index >= 15 is 0 Å². The third-order valence-corrected chi connectivity index (χ3v) is 9.86. The largest absolute Gasteiger partial charge is 0.459 e. The highest BCUT2D eigenvalue weighted by molar-refractivity contribution is 6.18. The first kappa shape index (κ1) is 35.0. The second kappa shape index (κ2) is 15.2. The van der Waals surface area contributed by atoms with Gasteiger partial charge in [0.15, 0.2) is 0 Å². The highest BCUT2D eigenvalue weighted by Gasteiger charge is 2.43. The fraction of sp³-hybridized carbons (Fsp3) is 0.667. The van der Waals surface area contributed by atoms with Gasteiger partial charge in [-0.3, -0.25) is 4.74 Å². The van der Waals surface area contributed by atoms with E-state index in [1.54, 1.807) is 0 Å². The van der Waals surface area contributed by atoms with Crippen molar-refractivity contribution in [1.29, 1.82) is 0 Å². The molecule has 0 saturated carbocycles. The molecule has 0 saturated heterocycles. The lowest BCUT2D eigenvalue weighted by Gasteiger charge is -2.42. The number of fused-ring (bicyclic) bond motifs is 6. The molecule has 7 heteroatoms. The van der Waals surface area contributed by atoms with Gasteiger partial charge in [0.25, 0.3) is 0 Å². The molecule has 0 radical (unpaired) electrons. The van der Waals surface area contributed by atoms with E-state index in [2.05, 4.69) is 65.8 Å². The van der Waals surface area contributed by atoms with Gasteiger partial charge in [-0.25, -0.2) is 0 Å². The van der Waals surface area contributed by atoms with Crippen molar-refractivity contribution < 1.29 is 14.2 Å². The number of ether oxygens (including phenoxy) is 3. The fourth-order valence-electron chi connectivity index (χ4n) is 6.45. The van der Waals surface area contributed by atoms with Crippen LogP contribution < -0.4 is 9.47 Å². The molecular formula is C36H50Cl4O3. The van der Waals surface area contributed by atoms with Crippen LogP contribution in [-0.4, -0.2) is 23.5 Å². The molecule has 2 aromatic rings. The number of hydrogen-bond donors (Lipinski definition) is 0. The molecule has 2 atom stereocenters. The zero-order valence-corrected chi connectivity index (χ0v) is 29.9. The summed E-state index contributed by atoms with van der Waals surface area (Å²) >= 11 is 24.6. The minimum atomic E-state index is -0.542. The van der Waals surface area contributed by atoms with Gasteiger partial charge in [-0.2, -0.15) is 0 Å². The Morgan fingerprint density at radius 3 is 1.16 bits per heavy atom. The molecule has 3 nitrogen and oxygen atoms in total. The lowest BCUT2D eigenvalue weighted by Crippen LogP contribution is -2.33. The molecule has 0 fully saturated rings. The van der Waals surface area contributed by atoms with Crippen molar-refractivity contribution >= 4 is 46.4 Å². The highest BCUT2D eigenvalue weighted by atomic mass is 35.5. The van der Waals surface area contributed by atoms with E-state index in [1.807, 2.05) is 0 Å². The summed E-state index contributed by atoms with van der Waals surface area (Å²) < 4.78 is 20.3. The first-order chi connectivity index (χ1) is 20.4. The maximum absolute atomic E-state index is 6.86. The first-order valence-corrected chi connectivity index (χ1v) is 18.2. The Balaban J connectivity index is 1.83. The zero-order chi connectivity index (χ0) is 31.4. The molecule has 2 heterocycles. The number of halogens is 4.